The van der Waals surface area contributed by atoms with Crippen LogP contribution in [0.4, 0.5) is 0 Å². The van der Waals surface area contributed by atoms with Crippen molar-refractivity contribution < 1.29 is 9.90 Å². The topological polar surface area (TPSA) is 61.1 Å². The van der Waals surface area contributed by atoms with Gasteiger partial charge in [0.25, 0.3) is 0 Å². The predicted octanol–water partition coefficient (Wildman–Crippen LogP) is 4.82. The zero-order valence-corrected chi connectivity index (χ0v) is 13.1. The minimum absolute atomic E-state index is 0.221. The van der Waals surface area contributed by atoms with E-state index < -0.39 is 5.97 Å². The highest BCUT2D eigenvalue weighted by molar-refractivity contribution is 9.10. The van der Waals surface area contributed by atoms with Gasteiger partial charge in [-0.2, -0.15) is 5.26 Å². The van der Waals surface area contributed by atoms with Crippen molar-refractivity contribution in [3.63, 3.8) is 0 Å². The normalized spacial score (nSPS) is 10.1. The Morgan fingerprint density at radius 3 is 2.65 bits per heavy atom. The van der Waals surface area contributed by atoms with Gasteiger partial charge in [-0.15, -0.1) is 0 Å². The van der Waals surface area contributed by atoms with E-state index >= 15 is 0 Å². The SMILES string of the molecule is N#Cc1ccc(Sc2cc(Br)ccc2C(=O)O)cc1Cl. The molecule has 2 aromatic rings. The quantitative estimate of drug-likeness (QED) is 0.843. The summed E-state index contributed by atoms with van der Waals surface area (Å²) >= 11 is 10.6. The van der Waals surface area contributed by atoms with E-state index in [-0.39, 0.29) is 5.56 Å². The molecule has 0 radical (unpaired) electrons. The Kier molecular flexibility index (Phi) is 4.71. The summed E-state index contributed by atoms with van der Waals surface area (Å²) in [6.45, 7) is 0. The molecule has 3 nitrogen and oxygen atoms in total. The highest BCUT2D eigenvalue weighted by Crippen LogP contribution is 2.34. The van der Waals surface area contributed by atoms with Crippen molar-refractivity contribution in [3.05, 3.63) is 57.0 Å². The highest BCUT2D eigenvalue weighted by Gasteiger charge is 2.12. The first-order valence-corrected chi connectivity index (χ1v) is 7.40. The van der Waals surface area contributed by atoms with Gasteiger partial charge in [0, 0.05) is 14.3 Å². The van der Waals surface area contributed by atoms with Crippen LogP contribution in [0, 0.1) is 11.3 Å². The molecule has 2 rings (SSSR count). The third kappa shape index (κ3) is 3.34. The Bertz CT molecular complexity index is 728. The van der Waals surface area contributed by atoms with Crippen molar-refractivity contribution in [2.75, 3.05) is 0 Å². The molecule has 0 aliphatic carbocycles. The van der Waals surface area contributed by atoms with Crippen molar-refractivity contribution in [1.82, 2.24) is 0 Å². The summed E-state index contributed by atoms with van der Waals surface area (Å²) in [6, 6.07) is 11.9. The summed E-state index contributed by atoms with van der Waals surface area (Å²) in [4.78, 5) is 12.6. The number of nitriles is 1. The first-order chi connectivity index (χ1) is 9.51. The average Bonchev–Trinajstić information content (AvgIpc) is 2.38. The summed E-state index contributed by atoms with van der Waals surface area (Å²) in [5.74, 6) is -0.986. The van der Waals surface area contributed by atoms with Gasteiger partial charge in [0.2, 0.25) is 0 Å². The van der Waals surface area contributed by atoms with E-state index in [1.165, 1.54) is 11.8 Å². The minimum atomic E-state index is -0.986. The predicted molar refractivity (Wildman–Crippen MR) is 81.4 cm³/mol. The number of nitrogens with zero attached hydrogens (tertiary/aromatic N) is 1. The van der Waals surface area contributed by atoms with Crippen LogP contribution in [-0.2, 0) is 0 Å². The van der Waals surface area contributed by atoms with Crippen molar-refractivity contribution in [3.8, 4) is 6.07 Å². The van der Waals surface area contributed by atoms with Gasteiger partial charge in [-0.25, -0.2) is 4.79 Å². The Morgan fingerprint density at radius 2 is 2.05 bits per heavy atom. The molecule has 2 aromatic carbocycles. The molecule has 0 saturated heterocycles. The number of benzene rings is 2. The molecule has 6 heteroatoms. The molecule has 0 aliphatic heterocycles. The van der Waals surface area contributed by atoms with Gasteiger partial charge in [-0.05, 0) is 36.4 Å². The number of rotatable bonds is 3. The van der Waals surface area contributed by atoms with Gasteiger partial charge in [0.15, 0.2) is 0 Å². The molecule has 0 spiro atoms. The fourth-order valence-corrected chi connectivity index (χ4v) is 3.35. The lowest BCUT2D eigenvalue weighted by Crippen LogP contribution is -1.98. The average molecular weight is 369 g/mol. The molecule has 0 aromatic heterocycles. The summed E-state index contributed by atoms with van der Waals surface area (Å²) in [5, 5.41) is 18.4. The summed E-state index contributed by atoms with van der Waals surface area (Å²) < 4.78 is 0.796. The second kappa shape index (κ2) is 6.31. The maximum atomic E-state index is 11.2. The maximum Gasteiger partial charge on any atom is 0.336 e. The molecule has 20 heavy (non-hydrogen) atoms. The van der Waals surface area contributed by atoms with Crippen molar-refractivity contribution in [2.45, 2.75) is 9.79 Å². The van der Waals surface area contributed by atoms with Gasteiger partial charge in [0.05, 0.1) is 16.1 Å². The van der Waals surface area contributed by atoms with Crippen LogP contribution < -0.4 is 0 Å². The molecule has 0 heterocycles. The molecule has 0 atom stereocenters. The van der Waals surface area contributed by atoms with Crippen LogP contribution in [0.2, 0.25) is 5.02 Å². The van der Waals surface area contributed by atoms with Crippen LogP contribution >= 0.6 is 39.3 Å². The van der Waals surface area contributed by atoms with Crippen molar-refractivity contribution in [1.29, 1.82) is 5.26 Å². The van der Waals surface area contributed by atoms with E-state index in [2.05, 4.69) is 15.9 Å². The standard InChI is InChI=1S/C14H7BrClNO2S/c15-9-2-4-11(14(18)19)13(5-9)20-10-3-1-8(7-17)12(16)6-10/h1-6H,(H,18,19). The van der Waals surface area contributed by atoms with Crippen LogP contribution in [0.5, 0.6) is 0 Å². The molecule has 0 aliphatic rings. The monoisotopic (exact) mass is 367 g/mol. The molecule has 0 unspecified atom stereocenters. The number of carboxylic acid groups (broad SMARTS) is 1. The number of carboxylic acids is 1. The zero-order chi connectivity index (χ0) is 14.7. The first kappa shape index (κ1) is 14.9. The Hall–Kier alpha value is -1.48. The van der Waals surface area contributed by atoms with Crippen molar-refractivity contribution in [2.24, 2.45) is 0 Å². The van der Waals surface area contributed by atoms with Crippen LogP contribution in [0.15, 0.2) is 50.7 Å². The molecule has 0 saturated carbocycles. The molecular formula is C14H7BrClNO2S. The molecule has 100 valence electrons. The summed E-state index contributed by atoms with van der Waals surface area (Å²) in [7, 11) is 0. The number of hydrogen-bond donors (Lipinski definition) is 1. The fraction of sp³-hybridized carbons (Fsp3) is 0. The Labute approximate surface area is 133 Å². The minimum Gasteiger partial charge on any atom is -0.478 e. The van der Waals surface area contributed by atoms with E-state index in [1.807, 2.05) is 6.07 Å². The van der Waals surface area contributed by atoms with Gasteiger partial charge < -0.3 is 5.11 Å². The third-order valence-electron chi connectivity index (χ3n) is 2.46. The van der Waals surface area contributed by atoms with E-state index in [1.54, 1.807) is 36.4 Å². The number of aromatic carboxylic acids is 1. The molecular weight excluding hydrogens is 362 g/mol. The van der Waals surface area contributed by atoms with E-state index in [9.17, 15) is 9.90 Å². The maximum absolute atomic E-state index is 11.2. The number of carbonyl (C=O) groups is 1. The van der Waals surface area contributed by atoms with Crippen LogP contribution in [0.25, 0.3) is 0 Å². The van der Waals surface area contributed by atoms with E-state index in [4.69, 9.17) is 16.9 Å². The summed E-state index contributed by atoms with van der Waals surface area (Å²) in [5.41, 5.74) is 0.613. The van der Waals surface area contributed by atoms with Crippen LogP contribution in [-0.4, -0.2) is 11.1 Å². The van der Waals surface area contributed by atoms with Gasteiger partial charge in [0.1, 0.15) is 6.07 Å². The fourth-order valence-electron chi connectivity index (χ4n) is 1.53. The number of hydrogen-bond acceptors (Lipinski definition) is 3. The smallest absolute Gasteiger partial charge is 0.336 e. The summed E-state index contributed by atoms with van der Waals surface area (Å²) in [6.07, 6.45) is 0. The molecule has 0 amide bonds. The Morgan fingerprint density at radius 1 is 1.30 bits per heavy atom. The second-order valence-corrected chi connectivity index (χ2v) is 6.24. The molecule has 0 fully saturated rings. The van der Waals surface area contributed by atoms with Crippen LogP contribution in [0.1, 0.15) is 15.9 Å². The van der Waals surface area contributed by atoms with E-state index in [0.717, 1.165) is 9.37 Å². The van der Waals surface area contributed by atoms with Gasteiger partial charge in [-0.1, -0.05) is 39.3 Å². The first-order valence-electron chi connectivity index (χ1n) is 5.41. The van der Waals surface area contributed by atoms with Crippen LogP contribution in [0.3, 0.4) is 0 Å². The lowest BCUT2D eigenvalue weighted by atomic mass is 10.2. The van der Waals surface area contributed by atoms with Gasteiger partial charge >= 0.3 is 5.97 Å². The highest BCUT2D eigenvalue weighted by atomic mass is 79.9. The Balaban J connectivity index is 2.39. The van der Waals surface area contributed by atoms with Gasteiger partial charge in [-0.3, -0.25) is 0 Å². The third-order valence-corrected chi connectivity index (χ3v) is 4.32. The second-order valence-electron chi connectivity index (χ2n) is 3.80. The largest absolute Gasteiger partial charge is 0.478 e. The van der Waals surface area contributed by atoms with Crippen molar-refractivity contribution >= 4 is 45.3 Å². The zero-order valence-electron chi connectivity index (χ0n) is 9.93. The number of halogens is 2. The molecule has 0 bridgehead atoms. The lowest BCUT2D eigenvalue weighted by molar-refractivity contribution is 0.0693. The molecule has 1 N–H and O–H groups in total. The lowest BCUT2D eigenvalue weighted by Gasteiger charge is -2.07. The van der Waals surface area contributed by atoms with E-state index in [0.29, 0.717) is 15.5 Å².